The summed E-state index contributed by atoms with van der Waals surface area (Å²) in [5, 5.41) is 16.5. The van der Waals surface area contributed by atoms with Crippen molar-refractivity contribution in [3.63, 3.8) is 0 Å². The molecule has 2 aliphatic rings. The van der Waals surface area contributed by atoms with Gasteiger partial charge in [-0.05, 0) is 54.0 Å². The molecule has 0 aromatic rings. The number of carbonyl (C=O) groups excluding carboxylic acids is 1. The minimum Gasteiger partial charge on any atom is -0.444 e. The Labute approximate surface area is 187 Å². The lowest BCUT2D eigenvalue weighted by molar-refractivity contribution is -0.292. The van der Waals surface area contributed by atoms with Crippen LogP contribution in [0.3, 0.4) is 0 Å². The van der Waals surface area contributed by atoms with Crippen LogP contribution in [0.5, 0.6) is 0 Å². The van der Waals surface area contributed by atoms with Gasteiger partial charge >= 0.3 is 6.09 Å². The van der Waals surface area contributed by atoms with E-state index in [2.05, 4.69) is 20.4 Å². The summed E-state index contributed by atoms with van der Waals surface area (Å²) in [4.78, 5) is 16.7. The number of alkyl carbamates (subject to hydrolysis) is 1. The third-order valence-corrected chi connectivity index (χ3v) is 5.73. The molecule has 1 amide bonds. The van der Waals surface area contributed by atoms with Crippen molar-refractivity contribution >= 4 is 6.09 Å². The predicted molar refractivity (Wildman–Crippen MR) is 120 cm³/mol. The van der Waals surface area contributed by atoms with Gasteiger partial charge in [-0.3, -0.25) is 4.90 Å². The molecular weight excluding hydrogens is 400 g/mol. The van der Waals surface area contributed by atoms with Crippen LogP contribution in [0.1, 0.15) is 47.5 Å². The fourth-order valence-corrected chi connectivity index (χ4v) is 3.85. The number of aliphatic hydroxyl groups is 1. The summed E-state index contributed by atoms with van der Waals surface area (Å²) in [5.41, 5.74) is -1.07. The first-order valence-corrected chi connectivity index (χ1v) is 11.6. The van der Waals surface area contributed by atoms with E-state index in [0.29, 0.717) is 19.8 Å². The first-order chi connectivity index (χ1) is 14.6. The zero-order valence-corrected chi connectivity index (χ0v) is 20.2. The highest BCUT2D eigenvalue weighted by molar-refractivity contribution is 5.67. The molecule has 2 fully saturated rings. The van der Waals surface area contributed by atoms with Crippen LogP contribution in [0, 0.1) is 0 Å². The Morgan fingerprint density at radius 3 is 2.35 bits per heavy atom. The van der Waals surface area contributed by atoms with Crippen LogP contribution in [-0.2, 0) is 14.2 Å². The zero-order valence-electron chi connectivity index (χ0n) is 20.2. The van der Waals surface area contributed by atoms with Crippen molar-refractivity contribution in [2.45, 2.75) is 64.4 Å². The molecule has 2 rings (SSSR count). The van der Waals surface area contributed by atoms with Crippen molar-refractivity contribution < 1.29 is 24.1 Å². The van der Waals surface area contributed by atoms with Gasteiger partial charge in [0, 0.05) is 45.8 Å². The maximum Gasteiger partial charge on any atom is 0.407 e. The minimum absolute atomic E-state index is 0.0315. The highest BCUT2D eigenvalue weighted by Gasteiger charge is 2.43. The SMILES string of the molecule is CC(C)(C)OC(=O)NCCCN(CCCN1CCNCC1)C1(CO)COC(C)(C)OC1. The van der Waals surface area contributed by atoms with E-state index in [4.69, 9.17) is 14.2 Å². The molecule has 2 aliphatic heterocycles. The Morgan fingerprint density at radius 2 is 1.77 bits per heavy atom. The zero-order chi connectivity index (χ0) is 23.0. The van der Waals surface area contributed by atoms with E-state index in [1.54, 1.807) is 0 Å². The molecule has 9 nitrogen and oxygen atoms in total. The standard InChI is InChI=1S/C22H44N4O5/c1-20(2,3)31-19(28)24-8-6-12-26(13-7-11-25-14-9-23-10-15-25)22(16-27)17-29-21(4,5)30-18-22/h23,27H,6-18H2,1-5H3,(H,24,28). The number of piperazine rings is 1. The van der Waals surface area contributed by atoms with Crippen LogP contribution in [0.15, 0.2) is 0 Å². The topological polar surface area (TPSA) is 95.5 Å². The number of rotatable bonds is 10. The van der Waals surface area contributed by atoms with Gasteiger partial charge in [-0.1, -0.05) is 0 Å². The largest absolute Gasteiger partial charge is 0.444 e. The van der Waals surface area contributed by atoms with Crippen molar-refractivity contribution in [1.29, 1.82) is 0 Å². The summed E-state index contributed by atoms with van der Waals surface area (Å²) in [6.07, 6.45) is 1.35. The first-order valence-electron chi connectivity index (χ1n) is 11.6. The maximum absolute atomic E-state index is 11.9. The summed E-state index contributed by atoms with van der Waals surface area (Å²) >= 11 is 0. The second-order valence-electron chi connectivity index (χ2n) is 10.1. The molecule has 2 saturated heterocycles. The van der Waals surface area contributed by atoms with Gasteiger partial charge in [-0.2, -0.15) is 0 Å². The van der Waals surface area contributed by atoms with Crippen LogP contribution in [0.25, 0.3) is 0 Å². The second kappa shape index (κ2) is 11.8. The van der Waals surface area contributed by atoms with Crippen LogP contribution >= 0.6 is 0 Å². The molecule has 0 atom stereocenters. The number of nitrogens with zero attached hydrogens (tertiary/aromatic N) is 2. The molecule has 0 saturated carbocycles. The lowest BCUT2D eigenvalue weighted by atomic mass is 9.97. The summed E-state index contributed by atoms with van der Waals surface area (Å²) in [6.45, 7) is 17.5. The van der Waals surface area contributed by atoms with E-state index < -0.39 is 23.0 Å². The summed E-state index contributed by atoms with van der Waals surface area (Å²) in [6, 6.07) is 0. The molecule has 9 heteroatoms. The van der Waals surface area contributed by atoms with Crippen molar-refractivity contribution in [1.82, 2.24) is 20.4 Å². The number of nitrogens with one attached hydrogen (secondary N) is 2. The van der Waals surface area contributed by atoms with Crippen LogP contribution < -0.4 is 10.6 Å². The molecule has 0 radical (unpaired) electrons. The lowest BCUT2D eigenvalue weighted by Crippen LogP contribution is -2.63. The molecule has 0 unspecified atom stereocenters. The second-order valence-corrected chi connectivity index (χ2v) is 10.1. The van der Waals surface area contributed by atoms with Crippen molar-refractivity contribution in [3.05, 3.63) is 0 Å². The quantitative estimate of drug-likeness (QED) is 0.430. The van der Waals surface area contributed by atoms with E-state index in [0.717, 1.165) is 58.7 Å². The van der Waals surface area contributed by atoms with E-state index in [-0.39, 0.29) is 6.61 Å². The monoisotopic (exact) mass is 444 g/mol. The summed E-state index contributed by atoms with van der Waals surface area (Å²) in [5.74, 6) is -0.636. The first kappa shape index (κ1) is 26.3. The van der Waals surface area contributed by atoms with Gasteiger partial charge in [0.1, 0.15) is 5.60 Å². The average molecular weight is 445 g/mol. The Kier molecular flexibility index (Phi) is 9.98. The number of hydrogen-bond donors (Lipinski definition) is 3. The van der Waals surface area contributed by atoms with Gasteiger partial charge < -0.3 is 34.9 Å². The fraction of sp³-hybridized carbons (Fsp3) is 0.955. The smallest absolute Gasteiger partial charge is 0.407 e. The highest BCUT2D eigenvalue weighted by atomic mass is 16.7. The number of carbonyl (C=O) groups is 1. The Hall–Kier alpha value is -0.970. The van der Waals surface area contributed by atoms with E-state index in [9.17, 15) is 9.90 Å². The van der Waals surface area contributed by atoms with Crippen LogP contribution in [-0.4, -0.2) is 110 Å². The molecule has 2 heterocycles. The van der Waals surface area contributed by atoms with Gasteiger partial charge in [-0.15, -0.1) is 0 Å². The molecule has 0 spiro atoms. The Bertz CT molecular complexity index is 537. The van der Waals surface area contributed by atoms with Crippen LogP contribution in [0.2, 0.25) is 0 Å². The molecule has 0 bridgehead atoms. The molecule has 0 aromatic carbocycles. The van der Waals surface area contributed by atoms with Crippen molar-refractivity contribution in [2.24, 2.45) is 0 Å². The third-order valence-electron chi connectivity index (χ3n) is 5.73. The average Bonchev–Trinajstić information content (AvgIpc) is 2.70. The van der Waals surface area contributed by atoms with Crippen molar-refractivity contribution in [2.75, 3.05) is 72.2 Å². The number of ether oxygens (including phenoxy) is 3. The number of aliphatic hydroxyl groups excluding tert-OH is 1. The van der Waals surface area contributed by atoms with E-state index in [1.165, 1.54) is 0 Å². The number of hydrogen-bond acceptors (Lipinski definition) is 8. The van der Waals surface area contributed by atoms with Crippen LogP contribution in [0.4, 0.5) is 4.79 Å². The third kappa shape index (κ3) is 9.19. The lowest BCUT2D eigenvalue weighted by Gasteiger charge is -2.49. The maximum atomic E-state index is 11.9. The Morgan fingerprint density at radius 1 is 1.16 bits per heavy atom. The number of amides is 1. The van der Waals surface area contributed by atoms with Gasteiger partial charge in [0.15, 0.2) is 5.79 Å². The summed E-state index contributed by atoms with van der Waals surface area (Å²) < 4.78 is 17.1. The van der Waals surface area contributed by atoms with E-state index in [1.807, 2.05) is 34.6 Å². The molecule has 0 aliphatic carbocycles. The molecule has 31 heavy (non-hydrogen) atoms. The molecular formula is C22H44N4O5. The normalized spacial score (nSPS) is 21.8. The molecule has 0 aromatic heterocycles. The fourth-order valence-electron chi connectivity index (χ4n) is 3.85. The highest BCUT2D eigenvalue weighted by Crippen LogP contribution is 2.28. The summed E-state index contributed by atoms with van der Waals surface area (Å²) in [7, 11) is 0. The van der Waals surface area contributed by atoms with Gasteiger partial charge in [0.05, 0.1) is 25.4 Å². The van der Waals surface area contributed by atoms with Crippen molar-refractivity contribution in [3.8, 4) is 0 Å². The van der Waals surface area contributed by atoms with Gasteiger partial charge in [-0.25, -0.2) is 4.79 Å². The van der Waals surface area contributed by atoms with Gasteiger partial charge in [0.2, 0.25) is 0 Å². The van der Waals surface area contributed by atoms with E-state index >= 15 is 0 Å². The predicted octanol–water partition coefficient (Wildman–Crippen LogP) is 1.01. The molecule has 182 valence electrons. The minimum atomic E-state index is -0.636. The molecule has 3 N–H and O–H groups in total. The Balaban J connectivity index is 1.89. The van der Waals surface area contributed by atoms with Gasteiger partial charge in [0.25, 0.3) is 0 Å².